The Kier molecular flexibility index (Phi) is 7.36. The van der Waals surface area contributed by atoms with Gasteiger partial charge in [0.1, 0.15) is 11.9 Å². The number of hydrogen-bond donors (Lipinski definition) is 3. The standard InChI is InChI=1S/C18H23FN6O2.ClH/c1-20-16(12-9-21-24(2)10-12)17(26)25-8-7-15(11-25)23-18(27)22-14-5-3-13(19)4-6-14;/h3-6,9-10,15-16,20H,7-8,11H2,1-2H3,(H2,22,23,27);1H. The van der Waals surface area contributed by atoms with E-state index in [0.29, 0.717) is 25.2 Å². The van der Waals surface area contributed by atoms with E-state index in [0.717, 1.165) is 5.56 Å². The van der Waals surface area contributed by atoms with Crippen LogP contribution in [0.5, 0.6) is 0 Å². The molecular formula is C18H24ClFN6O2. The Morgan fingerprint density at radius 1 is 1.29 bits per heavy atom. The number of likely N-dealkylation sites (tertiary alicyclic amines) is 1. The molecule has 2 unspecified atom stereocenters. The van der Waals surface area contributed by atoms with Crippen molar-refractivity contribution in [3.05, 3.63) is 48.0 Å². The summed E-state index contributed by atoms with van der Waals surface area (Å²) in [5.74, 6) is -0.410. The lowest BCUT2D eigenvalue weighted by Gasteiger charge is -2.22. The molecule has 8 nitrogen and oxygen atoms in total. The minimum Gasteiger partial charge on any atom is -0.339 e. The van der Waals surface area contributed by atoms with Gasteiger partial charge in [-0.1, -0.05) is 0 Å². The molecule has 2 atom stereocenters. The van der Waals surface area contributed by atoms with Crippen LogP contribution in [0.2, 0.25) is 0 Å². The van der Waals surface area contributed by atoms with Crippen molar-refractivity contribution in [3.8, 4) is 0 Å². The summed E-state index contributed by atoms with van der Waals surface area (Å²) in [5, 5.41) is 12.6. The van der Waals surface area contributed by atoms with Crippen molar-refractivity contribution >= 4 is 30.0 Å². The summed E-state index contributed by atoms with van der Waals surface area (Å²) in [6, 6.07) is 4.56. The summed E-state index contributed by atoms with van der Waals surface area (Å²) in [4.78, 5) is 26.6. The maximum atomic E-state index is 12.9. The number of benzene rings is 1. The van der Waals surface area contributed by atoms with Crippen LogP contribution in [0.15, 0.2) is 36.7 Å². The quantitative estimate of drug-likeness (QED) is 0.699. The molecule has 10 heteroatoms. The van der Waals surface area contributed by atoms with Gasteiger partial charge < -0.3 is 20.9 Å². The van der Waals surface area contributed by atoms with Crippen LogP contribution in [-0.2, 0) is 11.8 Å². The Bertz CT molecular complexity index is 813. The molecular weight excluding hydrogens is 387 g/mol. The number of carbonyl (C=O) groups excluding carboxylic acids is 2. The molecule has 3 rings (SSSR count). The number of urea groups is 1. The van der Waals surface area contributed by atoms with Gasteiger partial charge in [0.2, 0.25) is 5.91 Å². The molecule has 1 aliphatic heterocycles. The zero-order chi connectivity index (χ0) is 19.4. The van der Waals surface area contributed by atoms with Gasteiger partial charge in [-0.3, -0.25) is 9.48 Å². The predicted octanol–water partition coefficient (Wildman–Crippen LogP) is 1.66. The van der Waals surface area contributed by atoms with Gasteiger partial charge in [0, 0.05) is 43.6 Å². The van der Waals surface area contributed by atoms with Crippen molar-refractivity contribution in [3.63, 3.8) is 0 Å². The maximum absolute atomic E-state index is 12.9. The minimum atomic E-state index is -0.467. The van der Waals surface area contributed by atoms with E-state index in [-0.39, 0.29) is 36.2 Å². The molecule has 0 saturated carbocycles. The van der Waals surface area contributed by atoms with Crippen LogP contribution in [0.3, 0.4) is 0 Å². The van der Waals surface area contributed by atoms with Gasteiger partial charge in [-0.2, -0.15) is 5.10 Å². The average Bonchev–Trinajstić information content (AvgIpc) is 3.27. The third-order valence-electron chi connectivity index (χ3n) is 4.53. The number of aryl methyl sites for hydroxylation is 1. The fourth-order valence-electron chi connectivity index (χ4n) is 3.17. The van der Waals surface area contributed by atoms with E-state index in [4.69, 9.17) is 0 Å². The van der Waals surface area contributed by atoms with Crippen molar-refractivity contribution in [1.29, 1.82) is 0 Å². The van der Waals surface area contributed by atoms with Crippen LogP contribution in [0, 0.1) is 5.82 Å². The van der Waals surface area contributed by atoms with Crippen LogP contribution < -0.4 is 16.0 Å². The summed E-state index contributed by atoms with van der Waals surface area (Å²) < 4.78 is 14.6. The molecule has 0 aliphatic carbocycles. The second-order valence-corrected chi connectivity index (χ2v) is 6.54. The summed E-state index contributed by atoms with van der Waals surface area (Å²) in [5.41, 5.74) is 1.31. The van der Waals surface area contributed by atoms with Gasteiger partial charge in [0.05, 0.1) is 6.20 Å². The van der Waals surface area contributed by atoms with Gasteiger partial charge in [-0.05, 0) is 37.7 Å². The highest BCUT2D eigenvalue weighted by atomic mass is 35.5. The topological polar surface area (TPSA) is 91.3 Å². The molecule has 0 bridgehead atoms. The predicted molar refractivity (Wildman–Crippen MR) is 106 cm³/mol. The molecule has 28 heavy (non-hydrogen) atoms. The molecule has 1 fully saturated rings. The monoisotopic (exact) mass is 410 g/mol. The van der Waals surface area contributed by atoms with Crippen LogP contribution >= 0.6 is 12.4 Å². The Balaban J connectivity index is 0.00000280. The highest BCUT2D eigenvalue weighted by Gasteiger charge is 2.32. The third kappa shape index (κ3) is 5.20. The zero-order valence-corrected chi connectivity index (χ0v) is 16.5. The molecule has 0 spiro atoms. The number of anilines is 1. The fraction of sp³-hybridized carbons (Fsp3) is 0.389. The molecule has 1 aliphatic rings. The maximum Gasteiger partial charge on any atom is 0.319 e. The molecule has 3 amide bonds. The number of aromatic nitrogens is 2. The van der Waals surface area contributed by atoms with Crippen molar-refractivity contribution in [2.24, 2.45) is 7.05 Å². The van der Waals surface area contributed by atoms with Gasteiger partial charge >= 0.3 is 6.03 Å². The molecule has 2 aromatic rings. The van der Waals surface area contributed by atoms with E-state index >= 15 is 0 Å². The first kappa shape index (κ1) is 21.6. The molecule has 1 aromatic carbocycles. The number of nitrogens with zero attached hydrogens (tertiary/aromatic N) is 3. The van der Waals surface area contributed by atoms with Crippen LogP contribution in [0.4, 0.5) is 14.9 Å². The van der Waals surface area contributed by atoms with Crippen LogP contribution in [0.25, 0.3) is 0 Å². The van der Waals surface area contributed by atoms with Gasteiger partial charge in [0.15, 0.2) is 0 Å². The Hall–Kier alpha value is -2.65. The van der Waals surface area contributed by atoms with Crippen LogP contribution in [0.1, 0.15) is 18.0 Å². The lowest BCUT2D eigenvalue weighted by molar-refractivity contribution is -0.132. The lowest BCUT2D eigenvalue weighted by atomic mass is 10.1. The van der Waals surface area contributed by atoms with E-state index in [1.165, 1.54) is 24.3 Å². The molecule has 1 aromatic heterocycles. The minimum absolute atomic E-state index is 0. The number of likely N-dealkylation sites (N-methyl/N-ethyl adjacent to an activating group) is 1. The Morgan fingerprint density at radius 2 is 2.00 bits per heavy atom. The number of halogens is 2. The highest BCUT2D eigenvalue weighted by Crippen LogP contribution is 2.19. The molecule has 1 saturated heterocycles. The number of rotatable bonds is 5. The number of hydrogen-bond acceptors (Lipinski definition) is 4. The first-order chi connectivity index (χ1) is 13.0. The second-order valence-electron chi connectivity index (χ2n) is 6.54. The fourth-order valence-corrected chi connectivity index (χ4v) is 3.17. The number of carbonyl (C=O) groups is 2. The Labute approximate surface area is 168 Å². The zero-order valence-electron chi connectivity index (χ0n) is 15.7. The van der Waals surface area contributed by atoms with Gasteiger partial charge in [0.25, 0.3) is 0 Å². The average molecular weight is 411 g/mol. The summed E-state index contributed by atoms with van der Waals surface area (Å²) >= 11 is 0. The first-order valence-corrected chi connectivity index (χ1v) is 8.74. The van der Waals surface area contributed by atoms with E-state index in [1.807, 2.05) is 0 Å². The van der Waals surface area contributed by atoms with E-state index < -0.39 is 6.04 Å². The van der Waals surface area contributed by atoms with Crippen LogP contribution in [-0.4, -0.2) is 52.8 Å². The molecule has 0 radical (unpaired) electrons. The summed E-state index contributed by atoms with van der Waals surface area (Å²) in [6.07, 6.45) is 4.15. The smallest absolute Gasteiger partial charge is 0.319 e. The SMILES string of the molecule is CNC(C(=O)N1CCC(NC(=O)Nc2ccc(F)cc2)C1)c1cnn(C)c1.Cl. The first-order valence-electron chi connectivity index (χ1n) is 8.74. The summed E-state index contributed by atoms with van der Waals surface area (Å²) in [6.45, 7) is 1.01. The third-order valence-corrected chi connectivity index (χ3v) is 4.53. The molecule has 2 heterocycles. The normalized spacial score (nSPS) is 17.0. The van der Waals surface area contributed by atoms with E-state index in [9.17, 15) is 14.0 Å². The van der Waals surface area contributed by atoms with Crippen molar-refractivity contribution in [1.82, 2.24) is 25.3 Å². The van der Waals surface area contributed by atoms with Gasteiger partial charge in [-0.15, -0.1) is 12.4 Å². The van der Waals surface area contributed by atoms with Crippen molar-refractivity contribution in [2.75, 3.05) is 25.5 Å². The number of nitrogens with one attached hydrogen (secondary N) is 3. The largest absolute Gasteiger partial charge is 0.339 e. The summed E-state index contributed by atoms with van der Waals surface area (Å²) in [7, 11) is 3.54. The number of amides is 3. The van der Waals surface area contributed by atoms with E-state index in [2.05, 4.69) is 21.0 Å². The highest BCUT2D eigenvalue weighted by molar-refractivity contribution is 5.89. The lowest BCUT2D eigenvalue weighted by Crippen LogP contribution is -2.43. The van der Waals surface area contributed by atoms with Gasteiger partial charge in [-0.25, -0.2) is 9.18 Å². The van der Waals surface area contributed by atoms with Crippen molar-refractivity contribution < 1.29 is 14.0 Å². The Morgan fingerprint density at radius 3 is 2.61 bits per heavy atom. The van der Waals surface area contributed by atoms with E-state index in [1.54, 1.807) is 36.1 Å². The van der Waals surface area contributed by atoms with Crippen molar-refractivity contribution in [2.45, 2.75) is 18.5 Å². The molecule has 152 valence electrons. The molecule has 3 N–H and O–H groups in total. The second kappa shape index (κ2) is 9.52.